The molecule has 0 unspecified atom stereocenters. The maximum absolute atomic E-state index is 15.4. The van der Waals surface area contributed by atoms with Gasteiger partial charge in [-0.3, -0.25) is 14.5 Å². The summed E-state index contributed by atoms with van der Waals surface area (Å²) in [5.41, 5.74) is 3.39. The van der Waals surface area contributed by atoms with Crippen LogP contribution >= 0.6 is 22.7 Å². The van der Waals surface area contributed by atoms with E-state index in [-0.39, 0.29) is 41.8 Å². The molecule has 0 spiro atoms. The lowest BCUT2D eigenvalue weighted by atomic mass is 9.77. The smallest absolute Gasteiger partial charge is 0.355 e. The SMILES string of the molecule is C=CCOC(=O)C1=C(c2csc(-c3ncc([N+](=O)[O-])n3C)n2)CC[C@@H]2[C@H](NC(=O)/C(=N\OC(c3ccccc3)(c3ccccc3)c3ccccc3)c3csc(NC(c4ccccc4)(c4ccccc4)c4ccccc4)n3)C(=O)N12. The summed E-state index contributed by atoms with van der Waals surface area (Å²) in [6, 6.07) is 57.3. The lowest BCUT2D eigenvalue weighted by Gasteiger charge is -2.50. The van der Waals surface area contributed by atoms with E-state index in [2.05, 4.69) is 58.6 Å². The Bertz CT molecular complexity index is 3570. The van der Waals surface area contributed by atoms with Crippen molar-refractivity contribution in [1.82, 2.24) is 29.7 Å². The summed E-state index contributed by atoms with van der Waals surface area (Å²) in [5, 5.41) is 27.5. The molecule has 79 heavy (non-hydrogen) atoms. The first-order chi connectivity index (χ1) is 38.6. The van der Waals surface area contributed by atoms with Gasteiger partial charge in [-0.2, -0.15) is 0 Å². The van der Waals surface area contributed by atoms with Gasteiger partial charge in [-0.25, -0.2) is 24.3 Å². The normalized spacial score (nSPS) is 15.4. The third-order valence-electron chi connectivity index (χ3n) is 14.1. The van der Waals surface area contributed by atoms with Gasteiger partial charge in [0.15, 0.2) is 15.9 Å². The zero-order chi connectivity index (χ0) is 54.5. The standard InChI is InChI=1S/C61H49N9O7S2/c1-3-36-76-58(73)53-46(47-38-78-56(63-47)54-62-37-50(68(54)2)70(74)75)34-35-49-52(57(72)69(49)53)65-55(71)51(67-77-61(43-28-16-7-17-29-43,44-30-18-8-19-31-44)45-32-20-9-21-33-45)48-39-79-59(64-48)66-60(40-22-10-4-11-23-40,41-24-12-5-13-25-41)42-26-14-6-15-27-42/h3-33,37-39,49,52H,1,34-36H2,2H3,(H,64,66)(H,65,71)/b67-51-/t49-,52+/m1/s1. The maximum Gasteiger partial charge on any atom is 0.355 e. The number of aromatic nitrogens is 4. The van der Waals surface area contributed by atoms with Crippen LogP contribution in [0.2, 0.25) is 0 Å². The Morgan fingerprint density at radius 1 is 0.772 bits per heavy atom. The van der Waals surface area contributed by atoms with Crippen LogP contribution in [0.25, 0.3) is 16.4 Å². The number of nitrogens with one attached hydrogen (secondary N) is 2. The highest BCUT2D eigenvalue weighted by Gasteiger charge is 2.54. The molecule has 0 aliphatic carbocycles. The van der Waals surface area contributed by atoms with Gasteiger partial charge in [-0.15, -0.1) is 22.7 Å². The first kappa shape index (κ1) is 51.5. The Balaban J connectivity index is 0.994. The van der Waals surface area contributed by atoms with Crippen molar-refractivity contribution in [2.24, 2.45) is 12.2 Å². The molecule has 3 aromatic heterocycles. The van der Waals surface area contributed by atoms with Crippen LogP contribution in [0.3, 0.4) is 0 Å². The number of benzene rings is 6. The fourth-order valence-corrected chi connectivity index (χ4v) is 12.0. The van der Waals surface area contributed by atoms with Crippen LogP contribution in [0, 0.1) is 10.1 Å². The number of nitro groups is 1. The Morgan fingerprint density at radius 2 is 1.29 bits per heavy atom. The molecular formula is C61H49N9O7S2. The number of imidazole rings is 1. The summed E-state index contributed by atoms with van der Waals surface area (Å²) in [5.74, 6) is -2.06. The molecule has 0 saturated carbocycles. The van der Waals surface area contributed by atoms with Crippen molar-refractivity contribution in [1.29, 1.82) is 0 Å². The third kappa shape index (κ3) is 9.57. The predicted molar refractivity (Wildman–Crippen MR) is 303 cm³/mol. The number of hydrogen-bond donors (Lipinski definition) is 2. The Morgan fingerprint density at radius 3 is 1.78 bits per heavy atom. The second kappa shape index (κ2) is 22.1. The molecule has 2 aliphatic heterocycles. The van der Waals surface area contributed by atoms with Gasteiger partial charge in [0.2, 0.25) is 5.60 Å². The highest BCUT2D eigenvalue weighted by atomic mass is 32.1. The quantitative estimate of drug-likeness (QED) is 0.0149. The average Bonchev–Trinajstić information content (AvgIpc) is 4.42. The van der Waals surface area contributed by atoms with Gasteiger partial charge in [0.25, 0.3) is 17.6 Å². The average molecular weight is 1080 g/mol. The zero-order valence-electron chi connectivity index (χ0n) is 42.4. The van der Waals surface area contributed by atoms with Crippen LogP contribution < -0.4 is 10.6 Å². The number of carbonyl (C=O) groups is 3. The number of rotatable bonds is 19. The molecule has 5 heterocycles. The summed E-state index contributed by atoms with van der Waals surface area (Å²) in [7, 11) is 1.52. The molecule has 0 radical (unpaired) electrons. The van der Waals surface area contributed by atoms with Gasteiger partial charge in [-0.1, -0.05) is 200 Å². The van der Waals surface area contributed by atoms with Crippen molar-refractivity contribution in [2.45, 2.75) is 36.1 Å². The largest absolute Gasteiger partial charge is 0.457 e. The van der Waals surface area contributed by atoms with E-state index in [1.165, 1.54) is 45.3 Å². The van der Waals surface area contributed by atoms with E-state index >= 15 is 4.79 Å². The number of hydrogen-bond acceptors (Lipinski definition) is 14. The maximum atomic E-state index is 15.4. The van der Waals surface area contributed by atoms with Gasteiger partial charge < -0.3 is 30.3 Å². The van der Waals surface area contributed by atoms with Crippen LogP contribution in [0.1, 0.15) is 57.6 Å². The van der Waals surface area contributed by atoms with Gasteiger partial charge in [0, 0.05) is 33.0 Å². The summed E-state index contributed by atoms with van der Waals surface area (Å²) in [4.78, 5) is 77.6. The molecule has 18 heteroatoms. The molecule has 1 saturated heterocycles. The molecule has 1 fully saturated rings. The first-order valence-electron chi connectivity index (χ1n) is 25.2. The lowest BCUT2D eigenvalue weighted by molar-refractivity contribution is -0.391. The summed E-state index contributed by atoms with van der Waals surface area (Å²) < 4.78 is 6.89. The predicted octanol–water partition coefficient (Wildman–Crippen LogP) is 10.7. The zero-order valence-corrected chi connectivity index (χ0v) is 44.1. The van der Waals surface area contributed by atoms with Crippen molar-refractivity contribution >= 4 is 62.7 Å². The second-order valence-corrected chi connectivity index (χ2v) is 20.3. The number of allylic oxidation sites excluding steroid dienone is 1. The van der Waals surface area contributed by atoms with Gasteiger partial charge in [0.1, 0.15) is 35.8 Å². The Labute approximate surface area is 462 Å². The van der Waals surface area contributed by atoms with E-state index in [1.54, 1.807) is 10.8 Å². The summed E-state index contributed by atoms with van der Waals surface area (Å²) in [6.07, 6.45) is 3.15. The third-order valence-corrected chi connectivity index (χ3v) is 15.7. The second-order valence-electron chi connectivity index (χ2n) is 18.6. The van der Waals surface area contributed by atoms with Crippen molar-refractivity contribution in [3.63, 3.8) is 0 Å². The van der Waals surface area contributed by atoms with E-state index < -0.39 is 45.9 Å². The van der Waals surface area contributed by atoms with Crippen molar-refractivity contribution < 1.29 is 28.9 Å². The molecule has 16 nitrogen and oxygen atoms in total. The van der Waals surface area contributed by atoms with Crippen molar-refractivity contribution in [3.05, 3.63) is 272 Å². The fourth-order valence-electron chi connectivity index (χ4n) is 10.4. The van der Waals surface area contributed by atoms with Crippen LogP contribution in [0.5, 0.6) is 0 Å². The molecule has 11 rings (SSSR count). The molecule has 2 aliphatic rings. The van der Waals surface area contributed by atoms with Gasteiger partial charge in [-0.05, 0) is 34.5 Å². The number of esters is 1. The minimum atomic E-state index is -1.40. The molecule has 6 aromatic carbocycles. The fraction of sp³-hybridized carbons (Fsp3) is 0.131. The van der Waals surface area contributed by atoms with E-state index in [9.17, 15) is 19.7 Å². The topological polar surface area (TPSA) is 196 Å². The number of thiazole rings is 2. The van der Waals surface area contributed by atoms with E-state index in [1.807, 2.05) is 146 Å². The molecule has 0 bridgehead atoms. The van der Waals surface area contributed by atoms with Crippen molar-refractivity contribution in [2.75, 3.05) is 11.9 Å². The number of β-lactam (4-membered cyclic amide) rings is 1. The molecule has 2 N–H and O–H groups in total. The van der Waals surface area contributed by atoms with E-state index in [4.69, 9.17) is 24.7 Å². The number of anilines is 1. The van der Waals surface area contributed by atoms with E-state index in [0.717, 1.165) is 39.6 Å². The van der Waals surface area contributed by atoms with Crippen LogP contribution in [0.15, 0.2) is 222 Å². The molecule has 9 aromatic rings. The van der Waals surface area contributed by atoms with Gasteiger partial charge >= 0.3 is 11.8 Å². The Hall–Kier alpha value is -9.65. The number of carbonyl (C=O) groups excluding carboxylic acids is 3. The number of ether oxygens (including phenoxy) is 1. The van der Waals surface area contributed by atoms with Gasteiger partial charge in [0.05, 0.1) is 18.8 Å². The number of fused-ring (bicyclic) bond motifs is 1. The number of amides is 2. The highest BCUT2D eigenvalue weighted by molar-refractivity contribution is 7.14. The Kier molecular flexibility index (Phi) is 14.4. The highest BCUT2D eigenvalue weighted by Crippen LogP contribution is 2.45. The van der Waals surface area contributed by atoms with Crippen LogP contribution in [0.4, 0.5) is 10.9 Å². The summed E-state index contributed by atoms with van der Waals surface area (Å²) >= 11 is 2.47. The number of oxime groups is 1. The molecular weight excluding hydrogens is 1030 g/mol. The molecule has 392 valence electrons. The van der Waals surface area contributed by atoms with Crippen LogP contribution in [-0.2, 0) is 42.1 Å². The first-order valence-corrected chi connectivity index (χ1v) is 27.0. The monoisotopic (exact) mass is 1080 g/mol. The number of nitrogens with zero attached hydrogens (tertiary/aromatic N) is 7. The van der Waals surface area contributed by atoms with Crippen LogP contribution in [-0.4, -0.2) is 71.5 Å². The minimum absolute atomic E-state index is 0.0270. The summed E-state index contributed by atoms with van der Waals surface area (Å²) in [6.45, 7) is 3.55. The van der Waals surface area contributed by atoms with Crippen molar-refractivity contribution in [3.8, 4) is 10.8 Å². The minimum Gasteiger partial charge on any atom is -0.457 e. The molecule has 2 atom stereocenters. The molecule has 2 amide bonds. The van der Waals surface area contributed by atoms with E-state index in [0.29, 0.717) is 27.8 Å². The lowest BCUT2D eigenvalue weighted by Crippen LogP contribution is -2.72.